The van der Waals surface area contributed by atoms with Crippen molar-refractivity contribution in [2.75, 3.05) is 4.90 Å². The second-order valence-corrected chi connectivity index (χ2v) is 20.3. The summed E-state index contributed by atoms with van der Waals surface area (Å²) in [7, 11) is 0. The maximum Gasteiger partial charge on any atom is 0.0540 e. The van der Waals surface area contributed by atoms with Crippen LogP contribution in [0.15, 0.2) is 261 Å². The Kier molecular flexibility index (Phi) is 9.76. The fourth-order valence-corrected chi connectivity index (χ4v) is 12.8. The third-order valence-electron chi connectivity index (χ3n) is 16.1. The molecule has 0 aromatic heterocycles. The topological polar surface area (TPSA) is 3.24 Å². The van der Waals surface area contributed by atoms with Crippen molar-refractivity contribution >= 4 is 17.1 Å². The Bertz CT molecular complexity index is 3780. The molecule has 0 spiro atoms. The molecule has 11 aromatic rings. The summed E-state index contributed by atoms with van der Waals surface area (Å²) in [5, 5.41) is 0. The predicted octanol–water partition coefficient (Wildman–Crippen LogP) is 18.8. The van der Waals surface area contributed by atoms with Gasteiger partial charge in [-0.15, -0.1) is 0 Å². The Labute approximate surface area is 423 Å². The zero-order chi connectivity index (χ0) is 47.9. The second kappa shape index (κ2) is 16.7. The van der Waals surface area contributed by atoms with E-state index in [2.05, 4.69) is 280 Å². The van der Waals surface area contributed by atoms with Crippen molar-refractivity contribution in [1.82, 2.24) is 0 Å². The zero-order valence-corrected chi connectivity index (χ0v) is 40.4. The van der Waals surface area contributed by atoms with Gasteiger partial charge in [-0.25, -0.2) is 0 Å². The number of para-hydroxylation sites is 1. The minimum atomic E-state index is -0.0804. The van der Waals surface area contributed by atoms with Crippen molar-refractivity contribution in [1.29, 1.82) is 0 Å². The molecule has 0 heterocycles. The summed E-state index contributed by atoms with van der Waals surface area (Å²) in [4.78, 5) is 2.47. The van der Waals surface area contributed by atoms with Gasteiger partial charge in [0.1, 0.15) is 0 Å². The third kappa shape index (κ3) is 6.61. The van der Waals surface area contributed by atoms with Crippen LogP contribution in [-0.2, 0) is 5.41 Å². The number of fused-ring (bicyclic) bond motifs is 3. The van der Waals surface area contributed by atoms with Crippen LogP contribution in [0.1, 0.15) is 70.2 Å². The van der Waals surface area contributed by atoms with Crippen molar-refractivity contribution in [3.63, 3.8) is 0 Å². The van der Waals surface area contributed by atoms with Gasteiger partial charge in [-0.3, -0.25) is 0 Å². The molecule has 4 aliphatic rings. The molecule has 0 saturated carbocycles. The molecule has 0 aliphatic heterocycles. The first-order valence-corrected chi connectivity index (χ1v) is 25.4. The molecule has 0 amide bonds. The monoisotopic (exact) mass is 917 g/mol. The van der Waals surface area contributed by atoms with Crippen LogP contribution in [0, 0.1) is 0 Å². The van der Waals surface area contributed by atoms with E-state index in [1.54, 1.807) is 0 Å². The van der Waals surface area contributed by atoms with Crippen molar-refractivity contribution in [3.05, 3.63) is 305 Å². The summed E-state index contributed by atoms with van der Waals surface area (Å²) in [5.74, 6) is 0.179. The van der Waals surface area contributed by atoms with E-state index in [4.69, 9.17) is 0 Å². The molecule has 340 valence electrons. The Morgan fingerprint density at radius 2 is 0.694 bits per heavy atom. The van der Waals surface area contributed by atoms with Crippen LogP contribution in [-0.4, -0.2) is 0 Å². The Morgan fingerprint density at radius 1 is 0.278 bits per heavy atom. The van der Waals surface area contributed by atoms with Gasteiger partial charge in [0, 0.05) is 34.2 Å². The first kappa shape index (κ1) is 42.1. The molecular formula is C71H51N. The van der Waals surface area contributed by atoms with Crippen LogP contribution < -0.4 is 4.90 Å². The van der Waals surface area contributed by atoms with E-state index in [-0.39, 0.29) is 17.3 Å². The van der Waals surface area contributed by atoms with Crippen LogP contribution in [0.5, 0.6) is 0 Å². The predicted molar refractivity (Wildman–Crippen MR) is 301 cm³/mol. The molecule has 4 aliphatic carbocycles. The summed E-state index contributed by atoms with van der Waals surface area (Å²) in [5.41, 5.74) is 29.5. The van der Waals surface area contributed by atoms with E-state index in [0.717, 1.165) is 17.1 Å². The molecule has 0 atom stereocenters. The smallest absolute Gasteiger partial charge is 0.0540 e. The summed E-state index contributed by atoms with van der Waals surface area (Å²) in [6.45, 7) is 4.72. The van der Waals surface area contributed by atoms with E-state index in [1.807, 2.05) is 0 Å². The van der Waals surface area contributed by atoms with E-state index in [1.165, 1.54) is 111 Å². The van der Waals surface area contributed by atoms with E-state index in [0.29, 0.717) is 0 Å². The fraction of sp³-hybridized carbons (Fsp3) is 0.0704. The van der Waals surface area contributed by atoms with E-state index in [9.17, 15) is 0 Å². The standard InChI is InChI=1S/C71H51N/c1-71(2)64-32-18-16-27-58(64)63-45-54(38-41-65(63)71)72(66-33-19-17-26-55(66)48-24-10-5-11-25-48)53-36-34-49(35-37-53)56-39-40-57(52-43-50(46-20-6-3-7-21-46)42-51(44-52)47-22-8-4-9-23-47)70-68-61-30-14-12-28-59(61)67(69(56)70)60-29-13-15-31-62(60)68/h3-45,67-68H,1-2H3. The molecule has 15 rings (SSSR count). The average molecular weight is 918 g/mol. The Balaban J connectivity index is 0.966. The number of anilines is 3. The second-order valence-electron chi connectivity index (χ2n) is 20.3. The van der Waals surface area contributed by atoms with Crippen molar-refractivity contribution in [2.45, 2.75) is 31.1 Å². The Morgan fingerprint density at radius 3 is 1.26 bits per heavy atom. The van der Waals surface area contributed by atoms with Gasteiger partial charge < -0.3 is 4.90 Å². The largest absolute Gasteiger partial charge is 0.310 e. The number of rotatable bonds is 8. The molecule has 0 fully saturated rings. The first-order chi connectivity index (χ1) is 35.5. The quantitative estimate of drug-likeness (QED) is 0.147. The number of hydrogen-bond acceptors (Lipinski definition) is 1. The van der Waals surface area contributed by atoms with E-state index < -0.39 is 0 Å². The molecule has 0 radical (unpaired) electrons. The summed E-state index contributed by atoms with van der Waals surface area (Å²) >= 11 is 0. The zero-order valence-electron chi connectivity index (χ0n) is 40.4. The molecule has 11 aromatic carbocycles. The van der Waals surface area contributed by atoms with Gasteiger partial charge in [0.05, 0.1) is 5.69 Å². The van der Waals surface area contributed by atoms with Crippen molar-refractivity contribution in [3.8, 4) is 66.8 Å². The Hall–Kier alpha value is -8.78. The van der Waals surface area contributed by atoms with Crippen LogP contribution >= 0.6 is 0 Å². The van der Waals surface area contributed by atoms with Crippen LogP contribution in [0.4, 0.5) is 17.1 Å². The number of nitrogens with zero attached hydrogens (tertiary/aromatic N) is 1. The molecule has 0 N–H and O–H groups in total. The average Bonchev–Trinajstić information content (AvgIpc) is 3.68. The van der Waals surface area contributed by atoms with Crippen LogP contribution in [0.2, 0.25) is 0 Å². The molecule has 1 heteroatoms. The minimum absolute atomic E-state index is 0.0804. The first-order valence-electron chi connectivity index (χ1n) is 25.4. The third-order valence-corrected chi connectivity index (χ3v) is 16.1. The van der Waals surface area contributed by atoms with Crippen molar-refractivity contribution in [2.24, 2.45) is 0 Å². The van der Waals surface area contributed by atoms with Gasteiger partial charge in [-0.2, -0.15) is 0 Å². The molecule has 1 nitrogen and oxygen atoms in total. The normalized spacial score (nSPS) is 15.2. The van der Waals surface area contributed by atoms with Gasteiger partial charge in [0.15, 0.2) is 0 Å². The highest BCUT2D eigenvalue weighted by atomic mass is 15.1. The highest BCUT2D eigenvalue weighted by molar-refractivity contribution is 5.93. The molecular weight excluding hydrogens is 867 g/mol. The minimum Gasteiger partial charge on any atom is -0.310 e. The number of hydrogen-bond donors (Lipinski definition) is 0. The maximum atomic E-state index is 2.47. The highest BCUT2D eigenvalue weighted by Gasteiger charge is 2.44. The van der Waals surface area contributed by atoms with Crippen molar-refractivity contribution < 1.29 is 0 Å². The molecule has 0 saturated heterocycles. The van der Waals surface area contributed by atoms with Gasteiger partial charge in [0.25, 0.3) is 0 Å². The lowest BCUT2D eigenvalue weighted by Crippen LogP contribution is -2.28. The van der Waals surface area contributed by atoms with E-state index >= 15 is 0 Å². The van der Waals surface area contributed by atoms with Gasteiger partial charge in [-0.1, -0.05) is 226 Å². The summed E-state index contributed by atoms with van der Waals surface area (Å²) in [6, 6.07) is 97.4. The summed E-state index contributed by atoms with van der Waals surface area (Å²) < 4.78 is 0. The molecule has 2 bridgehead atoms. The molecule has 72 heavy (non-hydrogen) atoms. The maximum absolute atomic E-state index is 2.47. The number of benzene rings is 11. The highest BCUT2D eigenvalue weighted by Crippen LogP contribution is 2.60. The molecule has 0 unspecified atom stereocenters. The summed E-state index contributed by atoms with van der Waals surface area (Å²) in [6.07, 6.45) is 0. The van der Waals surface area contributed by atoms with Crippen LogP contribution in [0.3, 0.4) is 0 Å². The lowest BCUT2D eigenvalue weighted by atomic mass is 9.58. The van der Waals surface area contributed by atoms with Crippen LogP contribution in [0.25, 0.3) is 66.8 Å². The van der Waals surface area contributed by atoms with Gasteiger partial charge in [0.2, 0.25) is 0 Å². The van der Waals surface area contributed by atoms with Gasteiger partial charge in [-0.05, 0) is 154 Å². The SMILES string of the molecule is CC1(C)c2ccccc2-c2cc(N(c3ccc(-c4ccc(-c5cc(-c6ccccc6)cc(-c6ccccc6)c5)c5c4C4c6ccccc6C5c5ccccc54)cc3)c3ccccc3-c3ccccc3)ccc21. The van der Waals surface area contributed by atoms with Gasteiger partial charge >= 0.3 is 0 Å². The lowest BCUT2D eigenvalue weighted by Gasteiger charge is -2.44. The fourth-order valence-electron chi connectivity index (χ4n) is 12.8. The lowest BCUT2D eigenvalue weighted by molar-refractivity contribution is 0.660.